The highest BCUT2D eigenvalue weighted by atomic mass is 16.5. The Balaban J connectivity index is 2.07. The van der Waals surface area contributed by atoms with Crippen LogP contribution in [0.1, 0.15) is 71.1 Å². The van der Waals surface area contributed by atoms with Gasteiger partial charge in [-0.1, -0.05) is 38.3 Å². The fourth-order valence-corrected chi connectivity index (χ4v) is 4.54. The van der Waals surface area contributed by atoms with E-state index >= 15 is 0 Å². The molecule has 2 aromatic rings. The van der Waals surface area contributed by atoms with E-state index in [4.69, 9.17) is 10.5 Å². The molecule has 5 nitrogen and oxygen atoms in total. The second-order valence-electron chi connectivity index (χ2n) is 7.68. The zero-order valence-electron chi connectivity index (χ0n) is 17.1. The van der Waals surface area contributed by atoms with Crippen LogP contribution in [0.5, 0.6) is 0 Å². The van der Waals surface area contributed by atoms with Crippen LogP contribution in [0.25, 0.3) is 11.1 Å². The quantitative estimate of drug-likeness (QED) is 0.748. The van der Waals surface area contributed by atoms with Crippen molar-refractivity contribution < 1.29 is 14.3 Å². The molecule has 5 heteroatoms. The number of benzene rings is 1. The standard InChI is InChI=1S/C23H30N2O3/c1-4-19-21(17-10-12-18(13-11-17)23(27)28-3)20(22(24)26)15(2)25(19)14-16-8-6-5-7-9-16/h10-13,16H,4-9,14H2,1-3H3,(H2,24,26). The number of hydrogen-bond donors (Lipinski definition) is 1. The average molecular weight is 383 g/mol. The number of hydrogen-bond acceptors (Lipinski definition) is 3. The normalized spacial score (nSPS) is 14.8. The van der Waals surface area contributed by atoms with Crippen LogP contribution < -0.4 is 5.73 Å². The number of esters is 1. The Morgan fingerprint density at radius 3 is 2.32 bits per heavy atom. The predicted octanol–water partition coefficient (Wildman–Crippen LogP) is 4.49. The Morgan fingerprint density at radius 2 is 1.79 bits per heavy atom. The number of primary amides is 1. The van der Waals surface area contributed by atoms with Crippen LogP contribution in [-0.4, -0.2) is 23.6 Å². The van der Waals surface area contributed by atoms with E-state index in [0.29, 0.717) is 17.0 Å². The molecule has 1 heterocycles. The minimum Gasteiger partial charge on any atom is -0.465 e. The number of nitrogens with zero attached hydrogens (tertiary/aromatic N) is 1. The van der Waals surface area contributed by atoms with Gasteiger partial charge < -0.3 is 15.0 Å². The lowest BCUT2D eigenvalue weighted by Gasteiger charge is -2.24. The molecule has 0 atom stereocenters. The lowest BCUT2D eigenvalue weighted by molar-refractivity contribution is 0.0600. The van der Waals surface area contributed by atoms with E-state index in [2.05, 4.69) is 11.5 Å². The third-order valence-corrected chi connectivity index (χ3v) is 5.97. The summed E-state index contributed by atoms with van der Waals surface area (Å²) in [4.78, 5) is 24.1. The van der Waals surface area contributed by atoms with E-state index in [0.717, 1.165) is 35.5 Å². The molecule has 1 saturated carbocycles. The highest BCUT2D eigenvalue weighted by Crippen LogP contribution is 2.35. The van der Waals surface area contributed by atoms with Crippen molar-refractivity contribution in [1.29, 1.82) is 0 Å². The fourth-order valence-electron chi connectivity index (χ4n) is 4.54. The summed E-state index contributed by atoms with van der Waals surface area (Å²) in [6.45, 7) is 5.05. The van der Waals surface area contributed by atoms with Crippen molar-refractivity contribution in [2.45, 2.75) is 58.9 Å². The van der Waals surface area contributed by atoms with E-state index in [1.165, 1.54) is 39.2 Å². The molecule has 0 spiro atoms. The molecule has 0 unspecified atom stereocenters. The lowest BCUT2D eigenvalue weighted by Crippen LogP contribution is -2.17. The van der Waals surface area contributed by atoms with E-state index in [1.54, 1.807) is 12.1 Å². The van der Waals surface area contributed by atoms with E-state index in [1.807, 2.05) is 19.1 Å². The average Bonchev–Trinajstić information content (AvgIpc) is 3.00. The molecule has 1 amide bonds. The SMILES string of the molecule is CCc1c(-c2ccc(C(=O)OC)cc2)c(C(N)=O)c(C)n1CC1CCCCC1. The number of aromatic nitrogens is 1. The van der Waals surface area contributed by atoms with Crippen LogP contribution in [0.3, 0.4) is 0 Å². The highest BCUT2D eigenvalue weighted by Gasteiger charge is 2.26. The van der Waals surface area contributed by atoms with Crippen LogP contribution in [0, 0.1) is 12.8 Å². The Hall–Kier alpha value is -2.56. The zero-order valence-corrected chi connectivity index (χ0v) is 17.1. The molecule has 0 aliphatic heterocycles. The first-order chi connectivity index (χ1) is 13.5. The van der Waals surface area contributed by atoms with Crippen LogP contribution >= 0.6 is 0 Å². The van der Waals surface area contributed by atoms with Crippen molar-refractivity contribution >= 4 is 11.9 Å². The van der Waals surface area contributed by atoms with Crippen LogP contribution in [0.2, 0.25) is 0 Å². The van der Waals surface area contributed by atoms with Crippen LogP contribution in [-0.2, 0) is 17.7 Å². The van der Waals surface area contributed by atoms with Gasteiger partial charge >= 0.3 is 5.97 Å². The Bertz CT molecular complexity index is 859. The molecule has 150 valence electrons. The van der Waals surface area contributed by atoms with Gasteiger partial charge in [-0.3, -0.25) is 4.79 Å². The number of ether oxygens (including phenoxy) is 1. The summed E-state index contributed by atoms with van der Waals surface area (Å²) in [7, 11) is 1.37. The maximum Gasteiger partial charge on any atom is 0.337 e. The summed E-state index contributed by atoms with van der Waals surface area (Å²) in [6.07, 6.45) is 7.21. The minimum atomic E-state index is -0.401. The van der Waals surface area contributed by atoms with Gasteiger partial charge in [0.15, 0.2) is 0 Å². The molecular weight excluding hydrogens is 352 g/mol. The summed E-state index contributed by atoms with van der Waals surface area (Å²) in [5.41, 5.74) is 10.8. The maximum atomic E-state index is 12.3. The first-order valence-corrected chi connectivity index (χ1v) is 10.2. The van der Waals surface area contributed by atoms with Crippen LogP contribution in [0.4, 0.5) is 0 Å². The van der Waals surface area contributed by atoms with Crippen molar-refractivity contribution in [2.75, 3.05) is 7.11 Å². The van der Waals surface area contributed by atoms with Gasteiger partial charge in [-0.05, 0) is 49.8 Å². The second kappa shape index (κ2) is 8.63. The number of amides is 1. The van der Waals surface area contributed by atoms with Gasteiger partial charge in [0.2, 0.25) is 0 Å². The molecule has 1 fully saturated rings. The number of carbonyl (C=O) groups is 2. The molecule has 1 aromatic carbocycles. The second-order valence-corrected chi connectivity index (χ2v) is 7.68. The molecule has 0 bridgehead atoms. The molecule has 1 aromatic heterocycles. The van der Waals surface area contributed by atoms with Gasteiger partial charge in [0, 0.05) is 23.5 Å². The number of nitrogens with two attached hydrogens (primary N) is 1. The molecule has 1 aliphatic rings. The summed E-state index contributed by atoms with van der Waals surface area (Å²) >= 11 is 0. The minimum absolute atomic E-state index is 0.372. The topological polar surface area (TPSA) is 74.3 Å². The summed E-state index contributed by atoms with van der Waals surface area (Å²) in [5, 5.41) is 0. The Kier molecular flexibility index (Phi) is 6.22. The summed E-state index contributed by atoms with van der Waals surface area (Å²) < 4.78 is 7.08. The van der Waals surface area contributed by atoms with Crippen molar-refractivity contribution in [3.8, 4) is 11.1 Å². The molecule has 2 N–H and O–H groups in total. The van der Waals surface area contributed by atoms with Crippen molar-refractivity contribution in [3.63, 3.8) is 0 Å². The zero-order chi connectivity index (χ0) is 20.3. The number of methoxy groups -OCH3 is 1. The van der Waals surface area contributed by atoms with Gasteiger partial charge in [0.05, 0.1) is 18.2 Å². The third-order valence-electron chi connectivity index (χ3n) is 5.97. The third kappa shape index (κ3) is 3.84. The van der Waals surface area contributed by atoms with Crippen molar-refractivity contribution in [1.82, 2.24) is 4.57 Å². The summed E-state index contributed by atoms with van der Waals surface area (Å²) in [6, 6.07) is 7.22. The van der Waals surface area contributed by atoms with Gasteiger partial charge in [-0.15, -0.1) is 0 Å². The largest absolute Gasteiger partial charge is 0.465 e. The van der Waals surface area contributed by atoms with Crippen molar-refractivity contribution in [3.05, 3.63) is 46.8 Å². The van der Waals surface area contributed by atoms with Gasteiger partial charge in [-0.25, -0.2) is 4.79 Å². The molecule has 0 radical (unpaired) electrons. The van der Waals surface area contributed by atoms with Crippen LogP contribution in [0.15, 0.2) is 24.3 Å². The molecule has 1 aliphatic carbocycles. The number of carbonyl (C=O) groups excluding carboxylic acids is 2. The Labute approximate surface area is 166 Å². The Morgan fingerprint density at radius 1 is 1.14 bits per heavy atom. The van der Waals surface area contributed by atoms with E-state index in [-0.39, 0.29) is 5.97 Å². The monoisotopic (exact) mass is 382 g/mol. The van der Waals surface area contributed by atoms with Gasteiger partial charge in [0.1, 0.15) is 0 Å². The fraction of sp³-hybridized carbons (Fsp3) is 0.478. The van der Waals surface area contributed by atoms with Gasteiger partial charge in [-0.2, -0.15) is 0 Å². The van der Waals surface area contributed by atoms with Crippen molar-refractivity contribution in [2.24, 2.45) is 11.7 Å². The maximum absolute atomic E-state index is 12.3. The van der Waals surface area contributed by atoms with Gasteiger partial charge in [0.25, 0.3) is 5.91 Å². The molecular formula is C23H30N2O3. The number of rotatable bonds is 6. The van der Waals surface area contributed by atoms with E-state index in [9.17, 15) is 9.59 Å². The first kappa shape index (κ1) is 20.2. The van der Waals surface area contributed by atoms with E-state index < -0.39 is 5.91 Å². The predicted molar refractivity (Wildman–Crippen MR) is 110 cm³/mol. The summed E-state index contributed by atoms with van der Waals surface area (Å²) in [5.74, 6) is -0.120. The first-order valence-electron chi connectivity index (χ1n) is 10.2. The lowest BCUT2D eigenvalue weighted by atomic mass is 9.89. The highest BCUT2D eigenvalue weighted by molar-refractivity contribution is 6.02. The molecule has 3 rings (SSSR count). The molecule has 0 saturated heterocycles. The molecule has 28 heavy (non-hydrogen) atoms. The smallest absolute Gasteiger partial charge is 0.337 e.